The summed E-state index contributed by atoms with van der Waals surface area (Å²) in [7, 11) is 0. The smallest absolute Gasteiger partial charge is 0.315 e. The SMILES string of the molecule is CC1(C)[C@H](N(O)C(=O)Nc2cccc(Cl)c2)N(c2cccc(Cl)c2)C(=O)N1CCCC(=O)N/N=C\c1ccc(F)cc1. The molecular weight excluding hydrogens is 586 g/mol. The topological polar surface area (TPSA) is 118 Å². The van der Waals surface area contributed by atoms with Crippen molar-refractivity contribution in [3.05, 3.63) is 94.2 Å². The summed E-state index contributed by atoms with van der Waals surface area (Å²) in [5.74, 6) is -0.761. The number of rotatable bonds is 9. The number of nitrogens with zero attached hydrogens (tertiary/aromatic N) is 4. The van der Waals surface area contributed by atoms with Gasteiger partial charge in [0.15, 0.2) is 6.17 Å². The van der Waals surface area contributed by atoms with E-state index in [9.17, 15) is 24.0 Å². The van der Waals surface area contributed by atoms with Crippen LogP contribution in [-0.4, -0.2) is 57.6 Å². The van der Waals surface area contributed by atoms with Crippen LogP contribution in [0, 0.1) is 5.82 Å². The molecule has 0 aliphatic carbocycles. The van der Waals surface area contributed by atoms with E-state index in [-0.39, 0.29) is 31.1 Å². The lowest BCUT2D eigenvalue weighted by Gasteiger charge is -2.38. The minimum Gasteiger partial charge on any atom is -0.315 e. The molecule has 10 nitrogen and oxygen atoms in total. The number of urea groups is 2. The normalized spacial score (nSPS) is 16.1. The fourth-order valence-electron chi connectivity index (χ4n) is 4.65. The number of carbonyl (C=O) groups excluding carboxylic acids is 3. The highest BCUT2D eigenvalue weighted by Gasteiger charge is 2.55. The van der Waals surface area contributed by atoms with E-state index in [2.05, 4.69) is 15.8 Å². The molecule has 1 fully saturated rings. The number of nitrogens with one attached hydrogen (secondary N) is 2. The van der Waals surface area contributed by atoms with E-state index in [0.717, 1.165) is 0 Å². The van der Waals surface area contributed by atoms with Gasteiger partial charge in [-0.3, -0.25) is 14.9 Å². The Morgan fingerprint density at radius 2 is 1.74 bits per heavy atom. The highest BCUT2D eigenvalue weighted by Crippen LogP contribution is 2.38. The van der Waals surface area contributed by atoms with Gasteiger partial charge in [0.05, 0.1) is 11.8 Å². The van der Waals surface area contributed by atoms with Crippen LogP contribution in [-0.2, 0) is 4.79 Å². The molecule has 1 atom stereocenters. The van der Waals surface area contributed by atoms with Crippen molar-refractivity contribution in [2.45, 2.75) is 38.4 Å². The molecule has 0 saturated carbocycles. The number of halogens is 3. The molecule has 0 aromatic heterocycles. The molecule has 0 unspecified atom stereocenters. The lowest BCUT2D eigenvalue weighted by atomic mass is 9.99. The summed E-state index contributed by atoms with van der Waals surface area (Å²) in [5, 5.41) is 18.9. The van der Waals surface area contributed by atoms with Crippen molar-refractivity contribution in [1.82, 2.24) is 15.4 Å². The van der Waals surface area contributed by atoms with E-state index in [0.29, 0.717) is 32.0 Å². The Hall–Kier alpha value is -4.19. The first-order valence-electron chi connectivity index (χ1n) is 13.0. The molecule has 13 heteroatoms. The Morgan fingerprint density at radius 1 is 1.07 bits per heavy atom. The van der Waals surface area contributed by atoms with Gasteiger partial charge in [0, 0.05) is 34.4 Å². The van der Waals surface area contributed by atoms with Gasteiger partial charge in [-0.1, -0.05) is 47.5 Å². The number of hydrogen-bond donors (Lipinski definition) is 3. The molecule has 5 amide bonds. The molecule has 0 radical (unpaired) electrons. The lowest BCUT2D eigenvalue weighted by Crippen LogP contribution is -2.58. The van der Waals surface area contributed by atoms with E-state index in [1.807, 2.05) is 0 Å². The van der Waals surface area contributed by atoms with Crippen LogP contribution in [0.3, 0.4) is 0 Å². The molecule has 1 aliphatic rings. The fourth-order valence-corrected chi connectivity index (χ4v) is 5.02. The van der Waals surface area contributed by atoms with E-state index < -0.39 is 23.8 Å². The second kappa shape index (κ2) is 13.2. The van der Waals surface area contributed by atoms with E-state index in [4.69, 9.17) is 23.2 Å². The summed E-state index contributed by atoms with van der Waals surface area (Å²) in [6, 6.07) is 17.2. The van der Waals surface area contributed by atoms with Gasteiger partial charge in [0.25, 0.3) is 0 Å². The van der Waals surface area contributed by atoms with Crippen LogP contribution in [0.25, 0.3) is 0 Å². The zero-order valence-electron chi connectivity index (χ0n) is 22.8. The zero-order chi connectivity index (χ0) is 30.4. The number of hydrogen-bond acceptors (Lipinski definition) is 5. The molecule has 1 saturated heterocycles. The molecule has 4 rings (SSSR count). The van der Waals surface area contributed by atoms with Gasteiger partial charge in [0.2, 0.25) is 5.91 Å². The van der Waals surface area contributed by atoms with Gasteiger partial charge >= 0.3 is 12.1 Å². The van der Waals surface area contributed by atoms with Crippen molar-refractivity contribution in [3.8, 4) is 0 Å². The van der Waals surface area contributed by atoms with Crippen molar-refractivity contribution in [1.29, 1.82) is 0 Å². The molecule has 0 bridgehead atoms. The van der Waals surface area contributed by atoms with Crippen molar-refractivity contribution in [2.24, 2.45) is 5.10 Å². The summed E-state index contributed by atoms with van der Waals surface area (Å²) < 4.78 is 13.0. The maximum absolute atomic E-state index is 13.8. The van der Waals surface area contributed by atoms with Crippen molar-refractivity contribution < 1.29 is 24.0 Å². The molecule has 1 aliphatic heterocycles. The quantitative estimate of drug-likeness (QED) is 0.148. The molecule has 42 heavy (non-hydrogen) atoms. The van der Waals surface area contributed by atoms with Crippen LogP contribution in [0.4, 0.5) is 25.4 Å². The largest absolute Gasteiger partial charge is 0.347 e. The second-order valence-corrected chi connectivity index (χ2v) is 10.9. The van der Waals surface area contributed by atoms with E-state index in [1.54, 1.807) is 56.3 Å². The molecule has 3 aromatic rings. The van der Waals surface area contributed by atoms with Gasteiger partial charge in [-0.2, -0.15) is 10.2 Å². The third-order valence-electron chi connectivity index (χ3n) is 6.67. The summed E-state index contributed by atoms with van der Waals surface area (Å²) in [6.07, 6.45) is 0.531. The first-order chi connectivity index (χ1) is 20.0. The first kappa shape index (κ1) is 30.8. The second-order valence-electron chi connectivity index (χ2n) is 10.0. The van der Waals surface area contributed by atoms with Gasteiger partial charge in [-0.15, -0.1) is 0 Å². The molecule has 3 N–H and O–H groups in total. The standard InChI is InChI=1S/C29H29Cl2FN6O4/c1-29(2)26(38(42)27(40)34-23-8-3-6-20(30)16-23)37(24-9-4-7-21(31)17-24)28(41)36(29)15-5-10-25(39)35-33-18-19-11-13-22(32)14-12-19/h3-4,6-9,11-14,16-18,26,42H,5,10,15H2,1-2H3,(H,34,40)(H,35,39)/b33-18-/t26-/m0/s1. The highest BCUT2D eigenvalue weighted by molar-refractivity contribution is 6.31. The fraction of sp³-hybridized carbons (Fsp3) is 0.241. The van der Waals surface area contributed by atoms with Crippen LogP contribution >= 0.6 is 23.2 Å². The van der Waals surface area contributed by atoms with Crippen molar-refractivity contribution >= 4 is 58.8 Å². The monoisotopic (exact) mass is 614 g/mol. The van der Waals surface area contributed by atoms with Gasteiger partial charge in [0.1, 0.15) is 5.82 Å². The third-order valence-corrected chi connectivity index (χ3v) is 7.14. The van der Waals surface area contributed by atoms with Crippen LogP contribution in [0.15, 0.2) is 77.9 Å². The third kappa shape index (κ3) is 7.17. The highest BCUT2D eigenvalue weighted by atomic mass is 35.5. The minimum absolute atomic E-state index is 0.0422. The summed E-state index contributed by atoms with van der Waals surface area (Å²) in [6.45, 7) is 3.56. The lowest BCUT2D eigenvalue weighted by molar-refractivity contribution is -0.121. The molecule has 1 heterocycles. The molecule has 0 spiro atoms. The minimum atomic E-state index is -1.17. The predicted octanol–water partition coefficient (Wildman–Crippen LogP) is 6.33. The predicted molar refractivity (Wildman–Crippen MR) is 159 cm³/mol. The number of benzene rings is 3. The van der Waals surface area contributed by atoms with Crippen LogP contribution in [0.2, 0.25) is 10.0 Å². The molecule has 3 aromatic carbocycles. The van der Waals surface area contributed by atoms with Crippen LogP contribution in [0.1, 0.15) is 32.3 Å². The Morgan fingerprint density at radius 3 is 2.40 bits per heavy atom. The van der Waals surface area contributed by atoms with Crippen LogP contribution < -0.4 is 15.6 Å². The Balaban J connectivity index is 1.48. The average molecular weight is 615 g/mol. The summed E-state index contributed by atoms with van der Waals surface area (Å²) in [4.78, 5) is 42.0. The summed E-state index contributed by atoms with van der Waals surface area (Å²) >= 11 is 12.2. The number of hydroxylamine groups is 2. The Labute approximate surface area is 252 Å². The van der Waals surface area contributed by atoms with Gasteiger partial charge in [-0.25, -0.2) is 19.4 Å². The van der Waals surface area contributed by atoms with Crippen LogP contribution in [0.5, 0.6) is 0 Å². The number of anilines is 2. The first-order valence-corrected chi connectivity index (χ1v) is 13.7. The maximum Gasteiger partial charge on any atom is 0.347 e. The Kier molecular flexibility index (Phi) is 9.66. The van der Waals surface area contributed by atoms with Gasteiger partial charge in [-0.05, 0) is 74.4 Å². The van der Waals surface area contributed by atoms with Crippen molar-refractivity contribution in [3.63, 3.8) is 0 Å². The van der Waals surface area contributed by atoms with E-state index in [1.165, 1.54) is 46.3 Å². The molecule has 220 valence electrons. The average Bonchev–Trinajstić information content (AvgIpc) is 3.14. The maximum atomic E-state index is 13.8. The number of carbonyl (C=O) groups is 3. The molecular formula is C29H29Cl2FN6O4. The van der Waals surface area contributed by atoms with Gasteiger partial charge < -0.3 is 10.2 Å². The number of amides is 5. The zero-order valence-corrected chi connectivity index (χ0v) is 24.3. The van der Waals surface area contributed by atoms with E-state index >= 15 is 0 Å². The number of hydrazone groups is 1. The Bertz CT molecular complexity index is 1490. The summed E-state index contributed by atoms with van der Waals surface area (Å²) in [5.41, 5.74) is 2.63. The van der Waals surface area contributed by atoms with Crippen molar-refractivity contribution in [2.75, 3.05) is 16.8 Å².